The number of hydrogen-bond acceptors (Lipinski definition) is 3. The van der Waals surface area contributed by atoms with Gasteiger partial charge >= 0.3 is 0 Å². The van der Waals surface area contributed by atoms with E-state index in [1.807, 2.05) is 20.8 Å². The number of benzene rings is 1. The largest absolute Gasteiger partial charge is 0.395 e. The molecule has 0 aliphatic rings. The third kappa shape index (κ3) is 5.52. The predicted octanol–water partition coefficient (Wildman–Crippen LogP) is 2.33. The quantitative estimate of drug-likeness (QED) is 0.763. The molecule has 0 saturated carbocycles. The molecule has 2 amide bonds. The number of halogens is 1. The Labute approximate surface area is 142 Å². The van der Waals surface area contributed by atoms with E-state index in [9.17, 15) is 9.59 Å². The standard InChI is InChI=1S/C17H25ClN2O3/c1-4-12(3)15(17(23)20(5-2)10-11-21)19-16(22)13-6-8-14(18)9-7-13/h6-9,12,15,21H,4-5,10-11H2,1-3H3,(H,19,22). The zero-order valence-electron chi connectivity index (χ0n) is 13.9. The van der Waals surface area contributed by atoms with E-state index in [1.165, 1.54) is 0 Å². The fraction of sp³-hybridized carbons (Fsp3) is 0.529. The zero-order valence-corrected chi connectivity index (χ0v) is 14.6. The van der Waals surface area contributed by atoms with Gasteiger partial charge in [0.1, 0.15) is 6.04 Å². The smallest absolute Gasteiger partial charge is 0.251 e. The summed E-state index contributed by atoms with van der Waals surface area (Å²) in [5.41, 5.74) is 0.459. The molecular weight excluding hydrogens is 316 g/mol. The summed E-state index contributed by atoms with van der Waals surface area (Å²) in [6.07, 6.45) is 0.758. The Hall–Kier alpha value is -1.59. The second kappa shape index (κ2) is 9.53. The van der Waals surface area contributed by atoms with Gasteiger partial charge in [-0.05, 0) is 37.1 Å². The first-order valence-corrected chi connectivity index (χ1v) is 8.28. The molecule has 23 heavy (non-hydrogen) atoms. The lowest BCUT2D eigenvalue weighted by atomic mass is 9.97. The maximum Gasteiger partial charge on any atom is 0.251 e. The summed E-state index contributed by atoms with van der Waals surface area (Å²) < 4.78 is 0. The van der Waals surface area contributed by atoms with Gasteiger partial charge in [0.25, 0.3) is 5.91 Å². The highest BCUT2D eigenvalue weighted by Gasteiger charge is 2.29. The Bertz CT molecular complexity index is 519. The van der Waals surface area contributed by atoms with Crippen molar-refractivity contribution in [3.63, 3.8) is 0 Å². The first-order valence-electron chi connectivity index (χ1n) is 7.90. The van der Waals surface area contributed by atoms with Crippen LogP contribution in [0.3, 0.4) is 0 Å². The van der Waals surface area contributed by atoms with Crippen molar-refractivity contribution >= 4 is 23.4 Å². The van der Waals surface area contributed by atoms with Crippen LogP contribution in [0.2, 0.25) is 5.02 Å². The number of carbonyl (C=O) groups is 2. The Morgan fingerprint density at radius 3 is 2.35 bits per heavy atom. The van der Waals surface area contributed by atoms with Crippen LogP contribution in [0.1, 0.15) is 37.6 Å². The molecular formula is C17H25ClN2O3. The van der Waals surface area contributed by atoms with Crippen molar-refractivity contribution in [2.75, 3.05) is 19.7 Å². The number of nitrogens with one attached hydrogen (secondary N) is 1. The van der Waals surface area contributed by atoms with Crippen LogP contribution in [0.4, 0.5) is 0 Å². The molecule has 2 atom stereocenters. The van der Waals surface area contributed by atoms with Crippen LogP contribution < -0.4 is 5.32 Å². The summed E-state index contributed by atoms with van der Waals surface area (Å²) in [6.45, 7) is 6.40. The molecule has 0 radical (unpaired) electrons. The van der Waals surface area contributed by atoms with Crippen LogP contribution in [0.5, 0.6) is 0 Å². The van der Waals surface area contributed by atoms with Crippen LogP contribution in [0, 0.1) is 5.92 Å². The van der Waals surface area contributed by atoms with Crippen molar-refractivity contribution in [2.24, 2.45) is 5.92 Å². The Morgan fingerprint density at radius 2 is 1.87 bits per heavy atom. The molecule has 2 unspecified atom stereocenters. The molecule has 0 heterocycles. The van der Waals surface area contributed by atoms with E-state index in [0.29, 0.717) is 17.1 Å². The molecule has 0 aromatic heterocycles. The monoisotopic (exact) mass is 340 g/mol. The topological polar surface area (TPSA) is 69.6 Å². The lowest BCUT2D eigenvalue weighted by Gasteiger charge is -2.29. The first-order chi connectivity index (χ1) is 10.9. The van der Waals surface area contributed by atoms with Crippen LogP contribution in [-0.2, 0) is 4.79 Å². The van der Waals surface area contributed by atoms with Crippen molar-refractivity contribution in [1.82, 2.24) is 10.2 Å². The lowest BCUT2D eigenvalue weighted by molar-refractivity contribution is -0.134. The molecule has 0 bridgehead atoms. The fourth-order valence-corrected chi connectivity index (χ4v) is 2.38. The van der Waals surface area contributed by atoms with E-state index in [1.54, 1.807) is 29.2 Å². The van der Waals surface area contributed by atoms with Crippen molar-refractivity contribution in [1.29, 1.82) is 0 Å². The van der Waals surface area contributed by atoms with Crippen molar-refractivity contribution in [2.45, 2.75) is 33.2 Å². The summed E-state index contributed by atoms with van der Waals surface area (Å²) in [5.74, 6) is -0.481. The summed E-state index contributed by atoms with van der Waals surface area (Å²) >= 11 is 5.82. The summed E-state index contributed by atoms with van der Waals surface area (Å²) in [7, 11) is 0. The van der Waals surface area contributed by atoms with Crippen LogP contribution in [0.25, 0.3) is 0 Å². The molecule has 0 aliphatic heterocycles. The third-order valence-corrected chi connectivity index (χ3v) is 4.19. The second-order valence-corrected chi connectivity index (χ2v) is 5.92. The van der Waals surface area contributed by atoms with E-state index in [-0.39, 0.29) is 30.9 Å². The minimum atomic E-state index is -0.616. The molecule has 6 heteroatoms. The van der Waals surface area contributed by atoms with E-state index < -0.39 is 6.04 Å². The van der Waals surface area contributed by atoms with Gasteiger partial charge in [0.05, 0.1) is 6.61 Å². The SMILES string of the molecule is CCC(C)C(NC(=O)c1ccc(Cl)cc1)C(=O)N(CC)CCO. The van der Waals surface area contributed by atoms with Gasteiger partial charge in [-0.3, -0.25) is 9.59 Å². The highest BCUT2D eigenvalue weighted by Crippen LogP contribution is 2.14. The predicted molar refractivity (Wildman–Crippen MR) is 91.5 cm³/mol. The third-order valence-electron chi connectivity index (χ3n) is 3.94. The molecule has 5 nitrogen and oxygen atoms in total. The average molecular weight is 341 g/mol. The van der Waals surface area contributed by atoms with Crippen LogP contribution >= 0.6 is 11.6 Å². The second-order valence-electron chi connectivity index (χ2n) is 5.49. The van der Waals surface area contributed by atoms with Gasteiger partial charge in [-0.1, -0.05) is 31.9 Å². The summed E-state index contributed by atoms with van der Waals surface area (Å²) in [6, 6.07) is 5.92. The number of aliphatic hydroxyl groups excluding tert-OH is 1. The molecule has 0 spiro atoms. The van der Waals surface area contributed by atoms with Gasteiger partial charge in [0, 0.05) is 23.7 Å². The normalized spacial score (nSPS) is 13.3. The Morgan fingerprint density at radius 1 is 1.26 bits per heavy atom. The number of carbonyl (C=O) groups excluding carboxylic acids is 2. The highest BCUT2D eigenvalue weighted by molar-refractivity contribution is 6.30. The van der Waals surface area contributed by atoms with E-state index in [4.69, 9.17) is 16.7 Å². The minimum Gasteiger partial charge on any atom is -0.395 e. The van der Waals surface area contributed by atoms with Crippen molar-refractivity contribution in [3.8, 4) is 0 Å². The van der Waals surface area contributed by atoms with Gasteiger partial charge in [0.15, 0.2) is 0 Å². The van der Waals surface area contributed by atoms with E-state index in [2.05, 4.69) is 5.32 Å². The van der Waals surface area contributed by atoms with E-state index >= 15 is 0 Å². The van der Waals surface area contributed by atoms with Crippen molar-refractivity contribution < 1.29 is 14.7 Å². The number of likely N-dealkylation sites (N-methyl/N-ethyl adjacent to an activating group) is 1. The Kier molecular flexibility index (Phi) is 8.06. The molecule has 1 aromatic rings. The minimum absolute atomic E-state index is 0.00788. The zero-order chi connectivity index (χ0) is 17.4. The number of nitrogens with zero attached hydrogens (tertiary/aromatic N) is 1. The maximum absolute atomic E-state index is 12.7. The molecule has 0 aliphatic carbocycles. The number of rotatable bonds is 8. The molecule has 1 rings (SSSR count). The first kappa shape index (κ1) is 19.5. The molecule has 0 saturated heterocycles. The average Bonchev–Trinajstić information content (AvgIpc) is 2.56. The molecule has 0 fully saturated rings. The van der Waals surface area contributed by atoms with Crippen LogP contribution in [0.15, 0.2) is 24.3 Å². The summed E-state index contributed by atoms with van der Waals surface area (Å²) in [5, 5.41) is 12.5. The maximum atomic E-state index is 12.7. The molecule has 128 valence electrons. The summed E-state index contributed by atoms with van der Waals surface area (Å²) in [4.78, 5) is 26.6. The van der Waals surface area contributed by atoms with Crippen LogP contribution in [-0.4, -0.2) is 47.6 Å². The van der Waals surface area contributed by atoms with Crippen molar-refractivity contribution in [3.05, 3.63) is 34.9 Å². The number of aliphatic hydroxyl groups is 1. The highest BCUT2D eigenvalue weighted by atomic mass is 35.5. The fourth-order valence-electron chi connectivity index (χ4n) is 2.25. The van der Waals surface area contributed by atoms with Gasteiger partial charge in [0.2, 0.25) is 5.91 Å². The molecule has 1 aromatic carbocycles. The van der Waals surface area contributed by atoms with E-state index in [0.717, 1.165) is 6.42 Å². The van der Waals surface area contributed by atoms with Gasteiger partial charge in [-0.15, -0.1) is 0 Å². The Balaban J connectivity index is 2.91. The molecule has 2 N–H and O–H groups in total. The van der Waals surface area contributed by atoms with Gasteiger partial charge < -0.3 is 15.3 Å². The number of amides is 2. The lowest BCUT2D eigenvalue weighted by Crippen LogP contribution is -2.52. The number of hydrogen-bond donors (Lipinski definition) is 2. The van der Waals surface area contributed by atoms with Gasteiger partial charge in [-0.2, -0.15) is 0 Å². The van der Waals surface area contributed by atoms with Gasteiger partial charge in [-0.25, -0.2) is 0 Å².